The summed E-state index contributed by atoms with van der Waals surface area (Å²) < 4.78 is 1.94. The number of nitrogens with zero attached hydrogens (tertiary/aromatic N) is 5. The molecular formula is C13H20N6. The molecule has 0 aliphatic carbocycles. The molecule has 0 spiro atoms. The van der Waals surface area contributed by atoms with Gasteiger partial charge in [-0.2, -0.15) is 5.10 Å². The monoisotopic (exact) mass is 260 g/mol. The Bertz CT molecular complexity index is 533. The van der Waals surface area contributed by atoms with Crippen molar-refractivity contribution in [3.8, 4) is 0 Å². The molecule has 0 atom stereocenters. The lowest BCUT2D eigenvalue weighted by atomic mass is 10.2. The average molecular weight is 260 g/mol. The van der Waals surface area contributed by atoms with E-state index in [0.717, 1.165) is 18.1 Å². The zero-order chi connectivity index (χ0) is 13.8. The fraction of sp³-hybridized carbons (Fsp3) is 0.462. The number of rotatable bonds is 5. The van der Waals surface area contributed by atoms with E-state index < -0.39 is 0 Å². The summed E-state index contributed by atoms with van der Waals surface area (Å²) in [5.74, 6) is 1.48. The fourth-order valence-electron chi connectivity index (χ4n) is 1.95. The van der Waals surface area contributed by atoms with Crippen LogP contribution in [0.4, 0.5) is 11.4 Å². The van der Waals surface area contributed by atoms with E-state index in [2.05, 4.69) is 33.8 Å². The third-order valence-corrected chi connectivity index (χ3v) is 2.85. The molecule has 2 aromatic rings. The van der Waals surface area contributed by atoms with E-state index >= 15 is 0 Å². The number of anilines is 2. The standard InChI is InChI=1S/C13H20N6/c1-10(2)7-19-13(16-9-17-19)8-18(3)12-4-5-15-6-11(12)14/h4-6,9-10H,7-8,14H2,1-3H3. The van der Waals surface area contributed by atoms with Crippen molar-refractivity contribution in [1.82, 2.24) is 19.7 Å². The first-order chi connectivity index (χ1) is 9.08. The van der Waals surface area contributed by atoms with Gasteiger partial charge in [-0.3, -0.25) is 4.98 Å². The highest BCUT2D eigenvalue weighted by molar-refractivity contribution is 5.65. The van der Waals surface area contributed by atoms with Gasteiger partial charge in [-0.05, 0) is 12.0 Å². The highest BCUT2D eigenvalue weighted by atomic mass is 15.3. The predicted octanol–water partition coefficient (Wildman–Crippen LogP) is 1.55. The van der Waals surface area contributed by atoms with Gasteiger partial charge in [0.25, 0.3) is 0 Å². The highest BCUT2D eigenvalue weighted by Gasteiger charge is 2.11. The summed E-state index contributed by atoms with van der Waals surface area (Å²) in [5.41, 5.74) is 7.54. The molecule has 0 fully saturated rings. The Morgan fingerprint density at radius 2 is 2.21 bits per heavy atom. The van der Waals surface area contributed by atoms with E-state index in [4.69, 9.17) is 5.73 Å². The Kier molecular flexibility index (Phi) is 3.99. The molecule has 2 aromatic heterocycles. The Morgan fingerprint density at radius 3 is 2.89 bits per heavy atom. The lowest BCUT2D eigenvalue weighted by Crippen LogP contribution is -2.22. The Morgan fingerprint density at radius 1 is 1.42 bits per heavy atom. The van der Waals surface area contributed by atoms with Crippen LogP contribution in [-0.2, 0) is 13.1 Å². The summed E-state index contributed by atoms with van der Waals surface area (Å²) in [6.45, 7) is 5.86. The molecule has 0 aliphatic rings. The van der Waals surface area contributed by atoms with E-state index in [-0.39, 0.29) is 0 Å². The van der Waals surface area contributed by atoms with Crippen LogP contribution >= 0.6 is 0 Å². The normalized spacial score (nSPS) is 10.9. The van der Waals surface area contributed by atoms with Gasteiger partial charge in [0.05, 0.1) is 24.1 Å². The summed E-state index contributed by atoms with van der Waals surface area (Å²) >= 11 is 0. The van der Waals surface area contributed by atoms with Crippen LogP contribution in [0, 0.1) is 5.92 Å². The molecule has 0 aliphatic heterocycles. The molecule has 6 heteroatoms. The van der Waals surface area contributed by atoms with Crippen LogP contribution in [0.25, 0.3) is 0 Å². The van der Waals surface area contributed by atoms with E-state index in [1.165, 1.54) is 0 Å². The molecule has 19 heavy (non-hydrogen) atoms. The Balaban J connectivity index is 2.13. The van der Waals surface area contributed by atoms with Crippen molar-refractivity contribution in [3.63, 3.8) is 0 Å². The van der Waals surface area contributed by atoms with Crippen LogP contribution in [0.3, 0.4) is 0 Å². The average Bonchev–Trinajstić information content (AvgIpc) is 2.76. The van der Waals surface area contributed by atoms with Crippen molar-refractivity contribution in [3.05, 3.63) is 30.6 Å². The number of pyridine rings is 1. The molecule has 2 N–H and O–H groups in total. The van der Waals surface area contributed by atoms with Gasteiger partial charge in [-0.25, -0.2) is 9.67 Å². The van der Waals surface area contributed by atoms with Crippen molar-refractivity contribution in [2.24, 2.45) is 5.92 Å². The van der Waals surface area contributed by atoms with E-state index in [0.29, 0.717) is 18.2 Å². The second-order valence-electron chi connectivity index (χ2n) is 5.04. The zero-order valence-corrected chi connectivity index (χ0v) is 11.6. The third kappa shape index (κ3) is 3.21. The number of aromatic nitrogens is 4. The molecule has 0 bridgehead atoms. The molecule has 2 heterocycles. The summed E-state index contributed by atoms with van der Waals surface area (Å²) in [4.78, 5) is 10.4. The van der Waals surface area contributed by atoms with Gasteiger partial charge >= 0.3 is 0 Å². The van der Waals surface area contributed by atoms with Gasteiger partial charge in [0.1, 0.15) is 12.2 Å². The maximum Gasteiger partial charge on any atom is 0.146 e. The van der Waals surface area contributed by atoms with Crippen LogP contribution in [0.2, 0.25) is 0 Å². The second kappa shape index (κ2) is 5.69. The first-order valence-corrected chi connectivity index (χ1v) is 6.35. The van der Waals surface area contributed by atoms with Gasteiger partial charge in [0, 0.05) is 19.8 Å². The first-order valence-electron chi connectivity index (χ1n) is 6.35. The molecule has 0 aromatic carbocycles. The molecule has 0 saturated heterocycles. The third-order valence-electron chi connectivity index (χ3n) is 2.85. The summed E-state index contributed by atoms with van der Waals surface area (Å²) in [6.07, 6.45) is 4.99. The maximum atomic E-state index is 5.92. The van der Waals surface area contributed by atoms with E-state index in [1.54, 1.807) is 18.7 Å². The van der Waals surface area contributed by atoms with E-state index in [1.807, 2.05) is 17.8 Å². The van der Waals surface area contributed by atoms with Gasteiger partial charge in [-0.15, -0.1) is 0 Å². The van der Waals surface area contributed by atoms with Crippen molar-refractivity contribution in [1.29, 1.82) is 0 Å². The van der Waals surface area contributed by atoms with Crippen molar-refractivity contribution in [2.45, 2.75) is 26.9 Å². The van der Waals surface area contributed by atoms with E-state index in [9.17, 15) is 0 Å². The maximum absolute atomic E-state index is 5.92. The van der Waals surface area contributed by atoms with Gasteiger partial charge in [0.2, 0.25) is 0 Å². The molecular weight excluding hydrogens is 240 g/mol. The van der Waals surface area contributed by atoms with Crippen LogP contribution in [0.5, 0.6) is 0 Å². The highest BCUT2D eigenvalue weighted by Crippen LogP contribution is 2.21. The molecule has 102 valence electrons. The van der Waals surface area contributed by atoms with Crippen LogP contribution in [0.1, 0.15) is 19.7 Å². The minimum absolute atomic E-state index is 0.539. The Hall–Kier alpha value is -2.11. The second-order valence-corrected chi connectivity index (χ2v) is 5.04. The minimum atomic E-state index is 0.539. The lowest BCUT2D eigenvalue weighted by molar-refractivity contribution is 0.465. The van der Waals surface area contributed by atoms with Crippen molar-refractivity contribution < 1.29 is 0 Å². The zero-order valence-electron chi connectivity index (χ0n) is 11.6. The number of hydrogen-bond donors (Lipinski definition) is 1. The Labute approximate surface area is 113 Å². The van der Waals surface area contributed by atoms with Crippen LogP contribution in [0.15, 0.2) is 24.8 Å². The summed E-state index contributed by atoms with van der Waals surface area (Å²) in [7, 11) is 1.99. The number of nitrogens with two attached hydrogens (primary N) is 1. The molecule has 0 unspecified atom stereocenters. The molecule has 0 radical (unpaired) electrons. The van der Waals surface area contributed by atoms with Crippen LogP contribution in [-0.4, -0.2) is 26.8 Å². The molecule has 0 saturated carbocycles. The first kappa shape index (κ1) is 13.3. The quantitative estimate of drug-likeness (QED) is 0.883. The van der Waals surface area contributed by atoms with Crippen molar-refractivity contribution in [2.75, 3.05) is 17.7 Å². The minimum Gasteiger partial charge on any atom is -0.396 e. The summed E-state index contributed by atoms with van der Waals surface area (Å²) in [6, 6.07) is 1.90. The topological polar surface area (TPSA) is 72.9 Å². The van der Waals surface area contributed by atoms with Gasteiger partial charge < -0.3 is 10.6 Å². The number of nitrogen functional groups attached to an aromatic ring is 1. The predicted molar refractivity (Wildman–Crippen MR) is 75.6 cm³/mol. The van der Waals surface area contributed by atoms with Gasteiger partial charge in [-0.1, -0.05) is 13.8 Å². The molecule has 2 rings (SSSR count). The van der Waals surface area contributed by atoms with Crippen LogP contribution < -0.4 is 10.6 Å². The number of hydrogen-bond acceptors (Lipinski definition) is 5. The largest absolute Gasteiger partial charge is 0.396 e. The summed E-state index contributed by atoms with van der Waals surface area (Å²) in [5, 5.41) is 4.26. The van der Waals surface area contributed by atoms with Gasteiger partial charge in [0.15, 0.2) is 0 Å². The molecule has 6 nitrogen and oxygen atoms in total. The van der Waals surface area contributed by atoms with Crippen molar-refractivity contribution >= 4 is 11.4 Å². The SMILES string of the molecule is CC(C)Cn1ncnc1CN(C)c1ccncc1N. The lowest BCUT2D eigenvalue weighted by Gasteiger charge is -2.20. The fourth-order valence-corrected chi connectivity index (χ4v) is 1.95. The smallest absolute Gasteiger partial charge is 0.146 e. The molecule has 0 amide bonds.